The van der Waals surface area contributed by atoms with Crippen molar-refractivity contribution in [3.05, 3.63) is 35.4 Å². The predicted molar refractivity (Wildman–Crippen MR) is 73.9 cm³/mol. The summed E-state index contributed by atoms with van der Waals surface area (Å²) >= 11 is 0. The Bertz CT molecular complexity index is 404. The quantitative estimate of drug-likeness (QED) is 0.880. The molecule has 2 aliphatic carbocycles. The fourth-order valence-corrected chi connectivity index (χ4v) is 3.45. The number of ether oxygens (including phenoxy) is 1. The topological polar surface area (TPSA) is 21.3 Å². The van der Waals surface area contributed by atoms with Gasteiger partial charge in [-0.2, -0.15) is 0 Å². The summed E-state index contributed by atoms with van der Waals surface area (Å²) in [7, 11) is 1.85. The fraction of sp³-hybridized carbons (Fsp3) is 0.625. The molecule has 0 saturated heterocycles. The number of hydrogen-bond donors (Lipinski definition) is 1. The van der Waals surface area contributed by atoms with Gasteiger partial charge in [0.25, 0.3) is 0 Å². The van der Waals surface area contributed by atoms with Crippen LogP contribution in [-0.4, -0.2) is 25.8 Å². The maximum Gasteiger partial charge on any atom is 0.0724 e. The first-order valence-electron chi connectivity index (χ1n) is 7.22. The van der Waals surface area contributed by atoms with Gasteiger partial charge in [-0.1, -0.05) is 37.1 Å². The van der Waals surface area contributed by atoms with Gasteiger partial charge in [0.05, 0.1) is 6.10 Å². The summed E-state index contributed by atoms with van der Waals surface area (Å²) < 4.78 is 5.59. The summed E-state index contributed by atoms with van der Waals surface area (Å²) in [6, 6.07) is 9.40. The molecule has 0 spiro atoms. The average molecular weight is 245 g/mol. The maximum absolute atomic E-state index is 5.59. The summed E-state index contributed by atoms with van der Waals surface area (Å²) in [6.07, 6.45) is 6.83. The minimum absolute atomic E-state index is 0.425. The number of benzene rings is 1. The molecule has 1 aromatic carbocycles. The van der Waals surface area contributed by atoms with Gasteiger partial charge >= 0.3 is 0 Å². The van der Waals surface area contributed by atoms with E-state index in [1.54, 1.807) is 5.56 Å². The van der Waals surface area contributed by atoms with Gasteiger partial charge < -0.3 is 10.1 Å². The van der Waals surface area contributed by atoms with Crippen LogP contribution in [0.4, 0.5) is 0 Å². The van der Waals surface area contributed by atoms with E-state index in [-0.39, 0.29) is 0 Å². The number of methoxy groups -OCH3 is 1. The van der Waals surface area contributed by atoms with Crippen molar-refractivity contribution >= 4 is 0 Å². The van der Waals surface area contributed by atoms with Gasteiger partial charge in [-0.3, -0.25) is 0 Å². The molecule has 0 heterocycles. The predicted octanol–water partition coefficient (Wildman–Crippen LogP) is 2.87. The van der Waals surface area contributed by atoms with Crippen LogP contribution >= 0.6 is 0 Å². The second-order valence-electron chi connectivity index (χ2n) is 5.67. The summed E-state index contributed by atoms with van der Waals surface area (Å²) in [5, 5.41) is 3.74. The molecule has 1 aromatic rings. The Balaban J connectivity index is 1.53. The van der Waals surface area contributed by atoms with E-state index < -0.39 is 0 Å². The fourth-order valence-electron chi connectivity index (χ4n) is 3.45. The molecular weight excluding hydrogens is 222 g/mol. The van der Waals surface area contributed by atoms with E-state index in [1.807, 2.05) is 7.11 Å². The summed E-state index contributed by atoms with van der Waals surface area (Å²) in [5.41, 5.74) is 3.09. The number of nitrogens with one attached hydrogen (secondary N) is 1. The number of fused-ring (bicyclic) bond motifs is 1. The van der Waals surface area contributed by atoms with E-state index in [0.29, 0.717) is 12.1 Å². The Morgan fingerprint density at radius 3 is 2.89 bits per heavy atom. The monoisotopic (exact) mass is 245 g/mol. The number of rotatable bonds is 4. The lowest BCUT2D eigenvalue weighted by Gasteiger charge is -2.35. The Morgan fingerprint density at radius 1 is 1.22 bits per heavy atom. The molecule has 1 saturated carbocycles. The molecule has 0 aliphatic heterocycles. The van der Waals surface area contributed by atoms with Crippen molar-refractivity contribution in [3.63, 3.8) is 0 Å². The summed E-state index contributed by atoms with van der Waals surface area (Å²) in [5.74, 6) is 0.723. The third-order valence-corrected chi connectivity index (χ3v) is 4.59. The van der Waals surface area contributed by atoms with Gasteiger partial charge in [0.1, 0.15) is 0 Å². The highest BCUT2D eigenvalue weighted by molar-refractivity contribution is 5.40. The smallest absolute Gasteiger partial charge is 0.0724 e. The highest BCUT2D eigenvalue weighted by Gasteiger charge is 2.29. The van der Waals surface area contributed by atoms with Crippen molar-refractivity contribution in [2.45, 2.75) is 50.2 Å². The molecule has 0 bridgehead atoms. The van der Waals surface area contributed by atoms with Crippen molar-refractivity contribution < 1.29 is 4.74 Å². The van der Waals surface area contributed by atoms with Crippen LogP contribution in [0.15, 0.2) is 24.3 Å². The van der Waals surface area contributed by atoms with E-state index in [4.69, 9.17) is 4.74 Å². The SMILES string of the molecule is COC1CCCCC1NCC1Cc2ccccc21. The first-order chi connectivity index (χ1) is 8.88. The van der Waals surface area contributed by atoms with Crippen molar-refractivity contribution in [1.29, 1.82) is 0 Å². The van der Waals surface area contributed by atoms with Crippen molar-refractivity contribution in [2.24, 2.45) is 0 Å². The Kier molecular flexibility index (Phi) is 3.67. The second-order valence-corrected chi connectivity index (χ2v) is 5.67. The van der Waals surface area contributed by atoms with Crippen LogP contribution in [0.1, 0.15) is 42.7 Å². The van der Waals surface area contributed by atoms with E-state index in [9.17, 15) is 0 Å². The van der Waals surface area contributed by atoms with Crippen LogP contribution < -0.4 is 5.32 Å². The van der Waals surface area contributed by atoms with Crippen molar-refractivity contribution in [3.8, 4) is 0 Å². The van der Waals surface area contributed by atoms with E-state index in [0.717, 1.165) is 12.5 Å². The molecule has 2 aliphatic rings. The van der Waals surface area contributed by atoms with E-state index in [2.05, 4.69) is 29.6 Å². The highest BCUT2D eigenvalue weighted by Crippen LogP contribution is 2.34. The third-order valence-electron chi connectivity index (χ3n) is 4.59. The van der Waals surface area contributed by atoms with Crippen molar-refractivity contribution in [1.82, 2.24) is 5.32 Å². The minimum atomic E-state index is 0.425. The maximum atomic E-state index is 5.59. The molecule has 3 rings (SSSR count). The van der Waals surface area contributed by atoms with Gasteiger partial charge in [-0.05, 0) is 30.4 Å². The van der Waals surface area contributed by atoms with Gasteiger partial charge in [0, 0.05) is 25.6 Å². The van der Waals surface area contributed by atoms with Gasteiger partial charge in [0.15, 0.2) is 0 Å². The van der Waals surface area contributed by atoms with E-state index in [1.165, 1.54) is 37.7 Å². The standard InChI is InChI=1S/C16H23NO/c1-18-16-9-5-4-8-15(16)17-11-13-10-12-6-2-3-7-14(12)13/h2-3,6-7,13,15-17H,4-5,8-11H2,1H3. The molecule has 18 heavy (non-hydrogen) atoms. The third kappa shape index (κ3) is 2.32. The molecule has 3 unspecified atom stereocenters. The molecule has 0 aromatic heterocycles. The largest absolute Gasteiger partial charge is 0.380 e. The van der Waals surface area contributed by atoms with Crippen molar-refractivity contribution in [2.75, 3.05) is 13.7 Å². The van der Waals surface area contributed by atoms with Crippen LogP contribution in [0.25, 0.3) is 0 Å². The Morgan fingerprint density at radius 2 is 2.06 bits per heavy atom. The Hall–Kier alpha value is -0.860. The lowest BCUT2D eigenvalue weighted by molar-refractivity contribution is 0.0412. The summed E-state index contributed by atoms with van der Waals surface area (Å²) in [4.78, 5) is 0. The molecule has 2 heteroatoms. The first-order valence-corrected chi connectivity index (χ1v) is 7.22. The van der Waals surface area contributed by atoms with Gasteiger partial charge in [-0.25, -0.2) is 0 Å². The molecule has 2 nitrogen and oxygen atoms in total. The molecule has 1 fully saturated rings. The molecule has 0 radical (unpaired) electrons. The zero-order valence-electron chi connectivity index (χ0n) is 11.2. The molecular formula is C16H23NO. The van der Waals surface area contributed by atoms with Crippen LogP contribution in [0.5, 0.6) is 0 Å². The van der Waals surface area contributed by atoms with E-state index >= 15 is 0 Å². The van der Waals surface area contributed by atoms with Gasteiger partial charge in [0.2, 0.25) is 0 Å². The zero-order chi connectivity index (χ0) is 12.4. The van der Waals surface area contributed by atoms with Crippen LogP contribution in [0, 0.1) is 0 Å². The molecule has 1 N–H and O–H groups in total. The average Bonchev–Trinajstić information content (AvgIpc) is 2.40. The molecule has 98 valence electrons. The Labute approximate surface area is 110 Å². The highest BCUT2D eigenvalue weighted by atomic mass is 16.5. The van der Waals surface area contributed by atoms with Crippen LogP contribution in [-0.2, 0) is 11.2 Å². The second kappa shape index (κ2) is 5.41. The normalized spacial score (nSPS) is 30.6. The van der Waals surface area contributed by atoms with Gasteiger partial charge in [-0.15, -0.1) is 0 Å². The number of hydrogen-bond acceptors (Lipinski definition) is 2. The molecule has 0 amide bonds. The lowest BCUT2D eigenvalue weighted by Crippen LogP contribution is -2.45. The van der Waals surface area contributed by atoms with Crippen LogP contribution in [0.2, 0.25) is 0 Å². The molecule has 3 atom stereocenters. The zero-order valence-corrected chi connectivity index (χ0v) is 11.2. The summed E-state index contributed by atoms with van der Waals surface area (Å²) in [6.45, 7) is 1.11. The lowest BCUT2D eigenvalue weighted by atomic mass is 9.77. The first kappa shape index (κ1) is 12.2. The minimum Gasteiger partial charge on any atom is -0.380 e. The van der Waals surface area contributed by atoms with Crippen LogP contribution in [0.3, 0.4) is 0 Å².